The highest BCUT2D eigenvalue weighted by Crippen LogP contribution is 2.21. The van der Waals surface area contributed by atoms with Gasteiger partial charge in [0.1, 0.15) is 5.82 Å². The van der Waals surface area contributed by atoms with E-state index >= 15 is 0 Å². The highest BCUT2D eigenvalue weighted by molar-refractivity contribution is 5.92. The van der Waals surface area contributed by atoms with Gasteiger partial charge in [0.2, 0.25) is 5.91 Å². The maximum atomic E-state index is 13.1. The molecule has 1 saturated heterocycles. The fourth-order valence-electron chi connectivity index (χ4n) is 2.50. The molecule has 4 N–H and O–H groups in total. The number of anilines is 2. The summed E-state index contributed by atoms with van der Waals surface area (Å²) < 4.78 is 13.1. The molecule has 21 heavy (non-hydrogen) atoms. The minimum atomic E-state index is -0.642. The Hall–Kier alpha value is -1.66. The van der Waals surface area contributed by atoms with Crippen LogP contribution in [0.25, 0.3) is 0 Å². The molecule has 6 heteroatoms. The van der Waals surface area contributed by atoms with Crippen molar-refractivity contribution in [3.63, 3.8) is 0 Å². The average molecular weight is 295 g/mol. The number of carbonyl (C=O) groups is 1. The van der Waals surface area contributed by atoms with Crippen LogP contribution in [0.4, 0.5) is 15.8 Å². The second-order valence-electron chi connectivity index (χ2n) is 5.91. The molecule has 0 saturated carbocycles. The summed E-state index contributed by atoms with van der Waals surface area (Å²) in [5.74, 6) is -0.662. The molecule has 1 heterocycles. The van der Waals surface area contributed by atoms with Crippen molar-refractivity contribution in [1.82, 2.24) is 4.90 Å². The molecule has 1 amide bonds. The highest BCUT2D eigenvalue weighted by Gasteiger charge is 2.25. The van der Waals surface area contributed by atoms with Gasteiger partial charge in [0.25, 0.3) is 0 Å². The standard InChI is InChI=1S/C15H22FN3O2/c1-15(21)5-2-7-19(8-6-15)10-14(20)18-11-3-4-12(16)13(17)9-11/h3-4,9,21H,2,5-8,10,17H2,1H3,(H,18,20). The third kappa shape index (κ3) is 4.68. The summed E-state index contributed by atoms with van der Waals surface area (Å²) in [5, 5.41) is 12.7. The van der Waals surface area contributed by atoms with Crippen molar-refractivity contribution in [2.45, 2.75) is 31.8 Å². The monoisotopic (exact) mass is 295 g/mol. The van der Waals surface area contributed by atoms with E-state index in [0.29, 0.717) is 18.7 Å². The van der Waals surface area contributed by atoms with E-state index in [4.69, 9.17) is 5.73 Å². The largest absolute Gasteiger partial charge is 0.396 e. The summed E-state index contributed by atoms with van der Waals surface area (Å²) in [4.78, 5) is 14.0. The number of rotatable bonds is 3. The fourth-order valence-corrected chi connectivity index (χ4v) is 2.50. The summed E-state index contributed by atoms with van der Waals surface area (Å²) in [7, 11) is 0. The van der Waals surface area contributed by atoms with E-state index in [-0.39, 0.29) is 18.1 Å². The molecule has 1 atom stereocenters. The van der Waals surface area contributed by atoms with Gasteiger partial charge in [-0.1, -0.05) is 0 Å². The molecule has 0 aliphatic carbocycles. The van der Waals surface area contributed by atoms with Crippen LogP contribution < -0.4 is 11.1 Å². The third-order valence-electron chi connectivity index (χ3n) is 3.80. The summed E-state index contributed by atoms with van der Waals surface area (Å²) in [5.41, 5.74) is 5.32. The first-order chi connectivity index (χ1) is 9.85. The second-order valence-corrected chi connectivity index (χ2v) is 5.91. The summed E-state index contributed by atoms with van der Waals surface area (Å²) in [6, 6.07) is 4.12. The number of amides is 1. The van der Waals surface area contributed by atoms with Crippen molar-refractivity contribution in [2.24, 2.45) is 0 Å². The zero-order chi connectivity index (χ0) is 15.5. The van der Waals surface area contributed by atoms with Crippen LogP contribution in [0, 0.1) is 5.82 Å². The minimum Gasteiger partial charge on any atom is -0.396 e. The summed E-state index contributed by atoms with van der Waals surface area (Å²) in [6.45, 7) is 3.56. The molecule has 1 aromatic carbocycles. The van der Waals surface area contributed by atoms with Crippen LogP contribution >= 0.6 is 0 Å². The lowest BCUT2D eigenvalue weighted by Crippen LogP contribution is -2.35. The van der Waals surface area contributed by atoms with Crippen molar-refractivity contribution >= 4 is 17.3 Å². The first-order valence-corrected chi connectivity index (χ1v) is 7.15. The van der Waals surface area contributed by atoms with Crippen LogP contribution in [0.1, 0.15) is 26.2 Å². The van der Waals surface area contributed by atoms with Crippen LogP contribution in [0.2, 0.25) is 0 Å². The average Bonchev–Trinajstić information content (AvgIpc) is 2.55. The molecule has 1 aliphatic rings. The van der Waals surface area contributed by atoms with Crippen LogP contribution in [0.3, 0.4) is 0 Å². The van der Waals surface area contributed by atoms with E-state index in [1.54, 1.807) is 0 Å². The van der Waals surface area contributed by atoms with E-state index < -0.39 is 11.4 Å². The molecular weight excluding hydrogens is 273 g/mol. The topological polar surface area (TPSA) is 78.6 Å². The number of likely N-dealkylation sites (tertiary alicyclic amines) is 1. The van der Waals surface area contributed by atoms with Crippen molar-refractivity contribution < 1.29 is 14.3 Å². The number of nitrogens with one attached hydrogen (secondary N) is 1. The SMILES string of the molecule is CC1(O)CCCN(CC(=O)Nc2ccc(F)c(N)c2)CC1. The quantitative estimate of drug-likeness (QED) is 0.740. The zero-order valence-electron chi connectivity index (χ0n) is 12.2. The lowest BCUT2D eigenvalue weighted by molar-refractivity contribution is -0.117. The fraction of sp³-hybridized carbons (Fsp3) is 0.533. The van der Waals surface area contributed by atoms with Gasteiger partial charge >= 0.3 is 0 Å². The van der Waals surface area contributed by atoms with Crippen LogP contribution in [-0.2, 0) is 4.79 Å². The number of benzene rings is 1. The maximum absolute atomic E-state index is 13.1. The number of halogens is 1. The summed E-state index contributed by atoms with van der Waals surface area (Å²) in [6.07, 6.45) is 2.27. The Balaban J connectivity index is 1.88. The van der Waals surface area contributed by atoms with Crippen molar-refractivity contribution in [3.8, 4) is 0 Å². The van der Waals surface area contributed by atoms with Crippen molar-refractivity contribution in [1.29, 1.82) is 0 Å². The predicted octanol–water partition coefficient (Wildman–Crippen LogP) is 1.58. The molecule has 0 bridgehead atoms. The van der Waals surface area contributed by atoms with E-state index in [1.807, 2.05) is 11.8 Å². The minimum absolute atomic E-state index is 0.0126. The zero-order valence-corrected chi connectivity index (χ0v) is 12.2. The van der Waals surface area contributed by atoms with Crippen molar-refractivity contribution in [3.05, 3.63) is 24.0 Å². The number of carbonyl (C=O) groups excluding carboxylic acids is 1. The molecule has 2 rings (SSSR count). The number of nitrogens with two attached hydrogens (primary N) is 1. The molecule has 1 fully saturated rings. The molecule has 0 spiro atoms. The number of aliphatic hydroxyl groups is 1. The molecule has 0 aromatic heterocycles. The molecule has 1 aromatic rings. The Kier molecular flexibility index (Phi) is 4.80. The van der Waals surface area contributed by atoms with Gasteiger partial charge in [-0.15, -0.1) is 0 Å². The number of nitrogens with zero attached hydrogens (tertiary/aromatic N) is 1. The van der Waals surface area contributed by atoms with E-state index in [0.717, 1.165) is 19.4 Å². The predicted molar refractivity (Wildman–Crippen MR) is 80.4 cm³/mol. The Morgan fingerprint density at radius 2 is 2.24 bits per heavy atom. The molecule has 1 aliphatic heterocycles. The van der Waals surface area contributed by atoms with Gasteiger partial charge in [-0.2, -0.15) is 0 Å². The number of nitrogen functional groups attached to an aromatic ring is 1. The number of hydrogen-bond acceptors (Lipinski definition) is 4. The first-order valence-electron chi connectivity index (χ1n) is 7.15. The van der Waals surface area contributed by atoms with Gasteiger partial charge < -0.3 is 16.2 Å². The lowest BCUT2D eigenvalue weighted by atomic mass is 9.98. The van der Waals surface area contributed by atoms with Gasteiger partial charge in [0, 0.05) is 12.2 Å². The molecule has 5 nitrogen and oxygen atoms in total. The Morgan fingerprint density at radius 3 is 2.95 bits per heavy atom. The molecule has 116 valence electrons. The van der Waals surface area contributed by atoms with Crippen molar-refractivity contribution in [2.75, 3.05) is 30.7 Å². The lowest BCUT2D eigenvalue weighted by Gasteiger charge is -2.22. The Labute approximate surface area is 123 Å². The molecule has 1 unspecified atom stereocenters. The van der Waals surface area contributed by atoms with Crippen LogP contribution in [0.5, 0.6) is 0 Å². The van der Waals surface area contributed by atoms with Gasteiger partial charge in [0.05, 0.1) is 17.8 Å². The Morgan fingerprint density at radius 1 is 1.48 bits per heavy atom. The van der Waals surface area contributed by atoms with Crippen LogP contribution in [0.15, 0.2) is 18.2 Å². The highest BCUT2D eigenvalue weighted by atomic mass is 19.1. The molecular formula is C15H22FN3O2. The van der Waals surface area contributed by atoms with Gasteiger partial charge in [-0.05, 0) is 50.9 Å². The summed E-state index contributed by atoms with van der Waals surface area (Å²) >= 11 is 0. The van der Waals surface area contributed by atoms with E-state index in [9.17, 15) is 14.3 Å². The van der Waals surface area contributed by atoms with E-state index in [2.05, 4.69) is 5.32 Å². The van der Waals surface area contributed by atoms with Gasteiger partial charge in [-0.25, -0.2) is 4.39 Å². The normalized spacial score (nSPS) is 23.6. The van der Waals surface area contributed by atoms with Gasteiger partial charge in [-0.3, -0.25) is 9.69 Å². The number of hydrogen-bond donors (Lipinski definition) is 3. The first kappa shape index (κ1) is 15.7. The smallest absolute Gasteiger partial charge is 0.238 e. The third-order valence-corrected chi connectivity index (χ3v) is 3.80. The van der Waals surface area contributed by atoms with Gasteiger partial charge in [0.15, 0.2) is 0 Å². The maximum Gasteiger partial charge on any atom is 0.238 e. The Bertz CT molecular complexity index is 520. The molecule has 0 radical (unpaired) electrons. The second kappa shape index (κ2) is 6.41. The van der Waals surface area contributed by atoms with Crippen LogP contribution in [-0.4, -0.2) is 41.1 Å². The van der Waals surface area contributed by atoms with E-state index in [1.165, 1.54) is 18.2 Å².